The first-order chi connectivity index (χ1) is 18.3. The molecule has 2 aromatic carbocycles. The second-order valence-corrected chi connectivity index (χ2v) is 10.8. The van der Waals surface area contributed by atoms with Crippen LogP contribution >= 0.6 is 27.0 Å². The molecule has 4 N–H and O–H groups in total. The quantitative estimate of drug-likeness (QED) is 0.242. The molecule has 9 nitrogen and oxygen atoms in total. The number of esters is 1. The monoisotopic (exact) mass is 587 g/mol. The van der Waals surface area contributed by atoms with E-state index in [0.29, 0.717) is 11.1 Å². The number of nitrogens with one attached hydrogen (secondary N) is 3. The van der Waals surface area contributed by atoms with E-state index in [9.17, 15) is 19.2 Å². The van der Waals surface area contributed by atoms with Gasteiger partial charge in [0.25, 0.3) is 5.91 Å². The van der Waals surface area contributed by atoms with E-state index in [1.54, 1.807) is 23.7 Å². The Morgan fingerprint density at radius 1 is 0.775 bits per heavy atom. The molecule has 11 heteroatoms. The van der Waals surface area contributed by atoms with Gasteiger partial charge in [0.2, 0.25) is 11.8 Å². The van der Waals surface area contributed by atoms with Crippen molar-refractivity contribution in [2.75, 3.05) is 20.2 Å². The zero-order chi connectivity index (χ0) is 26.9. The van der Waals surface area contributed by atoms with Gasteiger partial charge in [-0.25, -0.2) is 10.3 Å². The molecule has 0 bridgehead atoms. The van der Waals surface area contributed by atoms with Crippen molar-refractivity contribution in [2.24, 2.45) is 10.8 Å². The van der Waals surface area contributed by atoms with E-state index < -0.39 is 5.91 Å². The van der Waals surface area contributed by atoms with Crippen LogP contribution in [0.25, 0.3) is 0 Å². The van der Waals surface area contributed by atoms with Gasteiger partial charge in [0, 0.05) is 18.7 Å². The van der Waals surface area contributed by atoms with E-state index in [1.807, 2.05) is 18.2 Å². The average Bonchev–Trinajstić information content (AvgIpc) is 3.48. The summed E-state index contributed by atoms with van der Waals surface area (Å²) in [4.78, 5) is 46.9. The Hall–Kier alpha value is -3.02. The van der Waals surface area contributed by atoms with Gasteiger partial charge in [-0.15, -0.1) is 0 Å². The predicted molar refractivity (Wildman–Crippen MR) is 158 cm³/mol. The molecular formula is C29H37N3O6S2. The molecule has 3 amide bonds. The third-order valence-corrected chi connectivity index (χ3v) is 8.74. The van der Waals surface area contributed by atoms with Crippen molar-refractivity contribution in [2.45, 2.75) is 51.4 Å². The molecule has 2 fully saturated rings. The zero-order valence-electron chi connectivity index (χ0n) is 22.5. The number of carbonyl (C=O) groups is 4. The Labute approximate surface area is 247 Å². The Bertz CT molecular complexity index is 1220. The van der Waals surface area contributed by atoms with Crippen molar-refractivity contribution in [3.05, 3.63) is 69.8 Å². The van der Waals surface area contributed by atoms with Crippen LogP contribution in [0.2, 0.25) is 0 Å². The highest BCUT2D eigenvalue weighted by Crippen LogP contribution is 2.42. The number of methoxy groups -OCH3 is 1. The van der Waals surface area contributed by atoms with Crippen LogP contribution in [-0.2, 0) is 40.0 Å². The molecule has 2 aliphatic carbocycles. The molecule has 0 saturated carbocycles. The van der Waals surface area contributed by atoms with Crippen molar-refractivity contribution >= 4 is 50.7 Å². The summed E-state index contributed by atoms with van der Waals surface area (Å²) in [5.41, 5.74) is 6.84. The molecule has 216 valence electrons. The SMILES string of the molecule is COC(=O)c1ccc2c(c1)CC[C@@]1(CCNC1=O)C2.O=C(NO)c1ccc2c(c1)CC[C@@]1(CCNC1=O)C2.S.S. The first-order valence-corrected chi connectivity index (χ1v) is 13.1. The highest BCUT2D eigenvalue weighted by molar-refractivity contribution is 7.59. The van der Waals surface area contributed by atoms with Crippen molar-refractivity contribution in [3.63, 3.8) is 0 Å². The summed E-state index contributed by atoms with van der Waals surface area (Å²) in [5, 5.41) is 14.5. The summed E-state index contributed by atoms with van der Waals surface area (Å²) in [7, 11) is 1.39. The minimum Gasteiger partial charge on any atom is -0.465 e. The lowest BCUT2D eigenvalue weighted by Gasteiger charge is -2.32. The minimum atomic E-state index is -0.498. The largest absolute Gasteiger partial charge is 0.465 e. The number of ether oxygens (including phenoxy) is 1. The van der Waals surface area contributed by atoms with Gasteiger partial charge >= 0.3 is 5.97 Å². The van der Waals surface area contributed by atoms with E-state index in [4.69, 9.17) is 9.94 Å². The van der Waals surface area contributed by atoms with Crippen LogP contribution in [-0.4, -0.2) is 49.1 Å². The molecule has 0 radical (unpaired) electrons. The maximum atomic E-state index is 12.0. The van der Waals surface area contributed by atoms with E-state index in [2.05, 4.69) is 10.6 Å². The van der Waals surface area contributed by atoms with Gasteiger partial charge in [-0.2, -0.15) is 27.0 Å². The fourth-order valence-corrected chi connectivity index (χ4v) is 6.41. The molecule has 2 atom stereocenters. The van der Waals surface area contributed by atoms with E-state index in [1.165, 1.54) is 18.2 Å². The number of hydroxylamine groups is 1. The van der Waals surface area contributed by atoms with E-state index >= 15 is 0 Å². The molecule has 2 aromatic rings. The predicted octanol–water partition coefficient (Wildman–Crippen LogP) is 2.49. The molecule has 2 saturated heterocycles. The normalized spacial score (nSPS) is 23.8. The first kappa shape index (κ1) is 31.5. The van der Waals surface area contributed by atoms with Gasteiger partial charge in [-0.1, -0.05) is 12.1 Å². The Morgan fingerprint density at radius 3 is 1.68 bits per heavy atom. The fraction of sp³-hybridized carbons (Fsp3) is 0.448. The smallest absolute Gasteiger partial charge is 0.337 e. The van der Waals surface area contributed by atoms with Crippen molar-refractivity contribution in [3.8, 4) is 0 Å². The van der Waals surface area contributed by atoms with Crippen molar-refractivity contribution < 1.29 is 29.1 Å². The molecule has 0 aromatic heterocycles. The third kappa shape index (κ3) is 5.87. The van der Waals surface area contributed by atoms with E-state index in [-0.39, 0.29) is 55.6 Å². The number of rotatable bonds is 2. The Balaban J connectivity index is 0.000000210. The van der Waals surface area contributed by atoms with Crippen LogP contribution in [0.5, 0.6) is 0 Å². The van der Waals surface area contributed by atoms with Crippen molar-refractivity contribution in [1.82, 2.24) is 16.1 Å². The molecule has 2 aliphatic heterocycles. The molecule has 0 unspecified atom stereocenters. The highest BCUT2D eigenvalue weighted by Gasteiger charge is 2.45. The average molecular weight is 588 g/mol. The van der Waals surface area contributed by atoms with Gasteiger partial charge in [-0.05, 0) is 97.9 Å². The van der Waals surface area contributed by atoms with Crippen LogP contribution in [0.15, 0.2) is 36.4 Å². The number of benzene rings is 2. The summed E-state index contributed by atoms with van der Waals surface area (Å²) < 4.78 is 4.73. The maximum absolute atomic E-state index is 12.0. The summed E-state index contributed by atoms with van der Waals surface area (Å²) in [6.45, 7) is 1.55. The lowest BCUT2D eigenvalue weighted by Crippen LogP contribution is -2.36. The van der Waals surface area contributed by atoms with Crippen LogP contribution in [0.3, 0.4) is 0 Å². The second kappa shape index (κ2) is 12.7. The number of amides is 3. The number of fused-ring (bicyclic) bond motifs is 2. The summed E-state index contributed by atoms with van der Waals surface area (Å²) in [6.07, 6.45) is 6.70. The molecule has 6 rings (SSSR count). The minimum absolute atomic E-state index is 0. The number of hydrogen-bond donors (Lipinski definition) is 4. The number of carbonyl (C=O) groups excluding carboxylic acids is 4. The highest BCUT2D eigenvalue weighted by atomic mass is 32.1. The summed E-state index contributed by atoms with van der Waals surface area (Å²) in [5.74, 6) is -0.450. The molecule has 4 aliphatic rings. The molecule has 2 heterocycles. The van der Waals surface area contributed by atoms with Gasteiger partial charge < -0.3 is 15.4 Å². The Morgan fingerprint density at radius 2 is 1.25 bits per heavy atom. The molecule has 40 heavy (non-hydrogen) atoms. The standard InChI is InChI=1S/C15H17NO3.C14H16N2O3.2H2S/c1-19-13(17)11-2-3-12-9-15(5-4-10(12)8-11)6-7-16-14(15)18;17-12(16-19)10-1-2-11-8-14(4-3-9(11)7-10)5-6-15-13(14)18;;/h2-3,8H,4-7,9H2,1H3,(H,16,18);1-2,7,19H,3-6,8H2,(H,15,18)(H,16,17);2*1H2/t15-;14-;;/m11../s1. The zero-order valence-corrected chi connectivity index (χ0v) is 24.5. The second-order valence-electron chi connectivity index (χ2n) is 10.8. The van der Waals surface area contributed by atoms with Crippen LogP contribution in [0.1, 0.15) is 68.7 Å². The number of hydrogen-bond acceptors (Lipinski definition) is 6. The van der Waals surface area contributed by atoms with Crippen molar-refractivity contribution in [1.29, 1.82) is 0 Å². The summed E-state index contributed by atoms with van der Waals surface area (Å²) >= 11 is 0. The maximum Gasteiger partial charge on any atom is 0.337 e. The molecule has 2 spiro atoms. The molecular weight excluding hydrogens is 550 g/mol. The first-order valence-electron chi connectivity index (χ1n) is 13.1. The lowest BCUT2D eigenvalue weighted by atomic mass is 9.70. The van der Waals surface area contributed by atoms with Gasteiger partial charge in [0.1, 0.15) is 0 Å². The number of aryl methyl sites for hydroxylation is 2. The van der Waals surface area contributed by atoms with Gasteiger partial charge in [0.15, 0.2) is 0 Å². The topological polar surface area (TPSA) is 134 Å². The van der Waals surface area contributed by atoms with Crippen LogP contribution < -0.4 is 16.1 Å². The van der Waals surface area contributed by atoms with Crippen LogP contribution in [0.4, 0.5) is 0 Å². The summed E-state index contributed by atoms with van der Waals surface area (Å²) in [6, 6.07) is 11.1. The van der Waals surface area contributed by atoms with Crippen LogP contribution in [0, 0.1) is 10.8 Å². The fourth-order valence-electron chi connectivity index (χ4n) is 6.41. The lowest BCUT2D eigenvalue weighted by molar-refractivity contribution is -0.128. The third-order valence-electron chi connectivity index (χ3n) is 8.74. The van der Waals surface area contributed by atoms with E-state index in [0.717, 1.165) is 75.6 Å². The Kier molecular flexibility index (Phi) is 9.97. The van der Waals surface area contributed by atoms with Gasteiger partial charge in [0.05, 0.1) is 23.5 Å². The van der Waals surface area contributed by atoms with Gasteiger partial charge in [-0.3, -0.25) is 19.6 Å².